The number of carbonyl (C=O) groups is 1. The third-order valence-corrected chi connectivity index (χ3v) is 4.51. The minimum absolute atomic E-state index is 0.0635. The SMILES string of the molecule is Nc1cc2c(cc1NCC1CCCC(O)C1)NC(=O)CC2. The van der Waals surface area contributed by atoms with Gasteiger partial charge in [-0.05, 0) is 49.3 Å². The number of aliphatic hydroxyl groups is 1. The fraction of sp³-hybridized carbons (Fsp3) is 0.562. The highest BCUT2D eigenvalue weighted by molar-refractivity contribution is 5.95. The van der Waals surface area contributed by atoms with E-state index < -0.39 is 0 Å². The fourth-order valence-electron chi connectivity index (χ4n) is 3.30. The highest BCUT2D eigenvalue weighted by Gasteiger charge is 2.21. The predicted octanol–water partition coefficient (Wildman–Crippen LogP) is 2.12. The van der Waals surface area contributed by atoms with Gasteiger partial charge in [-0.3, -0.25) is 4.79 Å². The summed E-state index contributed by atoms with van der Waals surface area (Å²) in [6.07, 6.45) is 5.12. The van der Waals surface area contributed by atoms with Gasteiger partial charge in [-0.15, -0.1) is 0 Å². The van der Waals surface area contributed by atoms with Gasteiger partial charge in [-0.2, -0.15) is 0 Å². The Morgan fingerprint density at radius 1 is 1.33 bits per heavy atom. The van der Waals surface area contributed by atoms with Crippen LogP contribution in [0.5, 0.6) is 0 Å². The normalized spacial score (nSPS) is 25.1. The number of aliphatic hydroxyl groups excluding tert-OH is 1. The van der Waals surface area contributed by atoms with E-state index in [1.807, 2.05) is 12.1 Å². The van der Waals surface area contributed by atoms with Crippen molar-refractivity contribution in [2.75, 3.05) is 22.9 Å². The number of benzene rings is 1. The highest BCUT2D eigenvalue weighted by atomic mass is 16.3. The van der Waals surface area contributed by atoms with E-state index in [9.17, 15) is 9.90 Å². The van der Waals surface area contributed by atoms with Crippen LogP contribution in [0.3, 0.4) is 0 Å². The van der Waals surface area contributed by atoms with Crippen molar-refractivity contribution in [2.45, 2.75) is 44.6 Å². The lowest BCUT2D eigenvalue weighted by Crippen LogP contribution is -2.25. The van der Waals surface area contributed by atoms with E-state index in [-0.39, 0.29) is 12.0 Å². The summed E-state index contributed by atoms with van der Waals surface area (Å²) >= 11 is 0. The van der Waals surface area contributed by atoms with Gasteiger partial charge in [0.25, 0.3) is 0 Å². The van der Waals surface area contributed by atoms with Crippen LogP contribution in [0, 0.1) is 5.92 Å². The Hall–Kier alpha value is -1.75. The smallest absolute Gasteiger partial charge is 0.224 e. The van der Waals surface area contributed by atoms with E-state index >= 15 is 0 Å². The maximum Gasteiger partial charge on any atom is 0.224 e. The molecule has 0 aromatic heterocycles. The Kier molecular flexibility index (Phi) is 4.01. The Morgan fingerprint density at radius 2 is 2.19 bits per heavy atom. The number of nitrogen functional groups attached to an aromatic ring is 1. The van der Waals surface area contributed by atoms with Crippen molar-refractivity contribution in [3.05, 3.63) is 17.7 Å². The number of nitrogens with one attached hydrogen (secondary N) is 2. The first kappa shape index (κ1) is 14.2. The van der Waals surface area contributed by atoms with Crippen LogP contribution in [0.25, 0.3) is 0 Å². The van der Waals surface area contributed by atoms with Gasteiger partial charge in [0.1, 0.15) is 0 Å². The molecule has 1 aromatic rings. The standard InChI is InChI=1S/C16H23N3O2/c17-13-7-11-4-5-16(21)19-14(11)8-15(13)18-9-10-2-1-3-12(20)6-10/h7-8,10,12,18,20H,1-6,9,17H2,(H,19,21). The van der Waals surface area contributed by atoms with Crippen molar-refractivity contribution in [2.24, 2.45) is 5.92 Å². The molecule has 2 atom stereocenters. The minimum atomic E-state index is -0.161. The summed E-state index contributed by atoms with van der Waals surface area (Å²) in [5, 5.41) is 16.0. The van der Waals surface area contributed by atoms with Gasteiger partial charge < -0.3 is 21.5 Å². The van der Waals surface area contributed by atoms with Crippen LogP contribution in [0.15, 0.2) is 12.1 Å². The number of hydrogen-bond donors (Lipinski definition) is 4. The molecule has 21 heavy (non-hydrogen) atoms. The molecule has 0 saturated heterocycles. The van der Waals surface area contributed by atoms with Crippen molar-refractivity contribution in [1.29, 1.82) is 0 Å². The van der Waals surface area contributed by atoms with Crippen molar-refractivity contribution < 1.29 is 9.90 Å². The molecule has 1 aliphatic carbocycles. The summed E-state index contributed by atoms with van der Waals surface area (Å²) in [7, 11) is 0. The second kappa shape index (κ2) is 5.93. The minimum Gasteiger partial charge on any atom is -0.397 e. The van der Waals surface area contributed by atoms with Crippen LogP contribution >= 0.6 is 0 Å². The van der Waals surface area contributed by atoms with Crippen molar-refractivity contribution in [3.63, 3.8) is 0 Å². The number of nitrogens with two attached hydrogens (primary N) is 1. The molecule has 0 spiro atoms. The van der Waals surface area contributed by atoms with Crippen LogP contribution in [0.2, 0.25) is 0 Å². The summed E-state index contributed by atoms with van der Waals surface area (Å²) in [5.74, 6) is 0.549. The van der Waals surface area contributed by atoms with E-state index in [1.165, 1.54) is 0 Å². The van der Waals surface area contributed by atoms with Crippen LogP contribution in [-0.2, 0) is 11.2 Å². The summed E-state index contributed by atoms with van der Waals surface area (Å²) in [6.45, 7) is 0.813. The molecule has 0 bridgehead atoms. The van der Waals surface area contributed by atoms with E-state index in [0.29, 0.717) is 12.3 Å². The molecule has 114 valence electrons. The number of aryl methyl sites for hydroxylation is 1. The molecule has 5 heteroatoms. The molecule has 1 aromatic carbocycles. The topological polar surface area (TPSA) is 87.4 Å². The monoisotopic (exact) mass is 289 g/mol. The predicted molar refractivity (Wildman–Crippen MR) is 84.3 cm³/mol. The molecule has 2 aliphatic rings. The molecule has 1 amide bonds. The van der Waals surface area contributed by atoms with Crippen LogP contribution in [0.1, 0.15) is 37.7 Å². The second-order valence-electron chi connectivity index (χ2n) is 6.21. The lowest BCUT2D eigenvalue weighted by molar-refractivity contribution is -0.116. The van der Waals surface area contributed by atoms with E-state index in [0.717, 1.165) is 61.3 Å². The maximum absolute atomic E-state index is 11.5. The van der Waals surface area contributed by atoms with Crippen molar-refractivity contribution >= 4 is 23.0 Å². The summed E-state index contributed by atoms with van der Waals surface area (Å²) in [4.78, 5) is 11.5. The van der Waals surface area contributed by atoms with Gasteiger partial charge in [0, 0.05) is 18.7 Å². The van der Waals surface area contributed by atoms with Crippen molar-refractivity contribution in [1.82, 2.24) is 0 Å². The Balaban J connectivity index is 1.67. The van der Waals surface area contributed by atoms with E-state index in [2.05, 4.69) is 10.6 Å². The number of rotatable bonds is 3. The summed E-state index contributed by atoms with van der Waals surface area (Å²) in [6, 6.07) is 3.88. The maximum atomic E-state index is 11.5. The number of carbonyl (C=O) groups excluding carboxylic acids is 1. The highest BCUT2D eigenvalue weighted by Crippen LogP contribution is 2.32. The first-order valence-corrected chi connectivity index (χ1v) is 7.76. The van der Waals surface area contributed by atoms with Gasteiger partial charge in [-0.25, -0.2) is 0 Å². The Morgan fingerprint density at radius 3 is 3.00 bits per heavy atom. The molecule has 1 heterocycles. The average molecular weight is 289 g/mol. The number of amides is 1. The number of anilines is 3. The molecule has 3 rings (SSSR count). The van der Waals surface area contributed by atoms with Gasteiger partial charge in [0.15, 0.2) is 0 Å². The van der Waals surface area contributed by atoms with Crippen molar-refractivity contribution in [3.8, 4) is 0 Å². The zero-order chi connectivity index (χ0) is 14.8. The lowest BCUT2D eigenvalue weighted by Gasteiger charge is -2.27. The molecular weight excluding hydrogens is 266 g/mol. The third-order valence-electron chi connectivity index (χ3n) is 4.51. The molecule has 5 N–H and O–H groups in total. The number of hydrogen-bond acceptors (Lipinski definition) is 4. The molecule has 1 aliphatic heterocycles. The second-order valence-corrected chi connectivity index (χ2v) is 6.21. The van der Waals surface area contributed by atoms with Crippen LogP contribution in [-0.4, -0.2) is 23.7 Å². The van der Waals surface area contributed by atoms with E-state index in [4.69, 9.17) is 5.73 Å². The van der Waals surface area contributed by atoms with Gasteiger partial charge >= 0.3 is 0 Å². The first-order chi connectivity index (χ1) is 10.1. The lowest BCUT2D eigenvalue weighted by atomic mass is 9.87. The largest absolute Gasteiger partial charge is 0.397 e. The Bertz CT molecular complexity index is 545. The summed E-state index contributed by atoms with van der Waals surface area (Å²) in [5.41, 5.74) is 9.66. The zero-order valence-corrected chi connectivity index (χ0v) is 12.2. The van der Waals surface area contributed by atoms with Gasteiger partial charge in [0.2, 0.25) is 5.91 Å². The molecule has 2 unspecified atom stereocenters. The zero-order valence-electron chi connectivity index (χ0n) is 12.2. The molecular formula is C16H23N3O2. The third kappa shape index (κ3) is 3.29. The average Bonchev–Trinajstić information content (AvgIpc) is 2.45. The Labute approximate surface area is 124 Å². The van der Waals surface area contributed by atoms with Crippen LogP contribution < -0.4 is 16.4 Å². The molecule has 0 radical (unpaired) electrons. The van der Waals surface area contributed by atoms with Gasteiger partial charge in [0.05, 0.1) is 17.5 Å². The fourth-order valence-corrected chi connectivity index (χ4v) is 3.30. The molecule has 1 saturated carbocycles. The van der Waals surface area contributed by atoms with Gasteiger partial charge in [-0.1, -0.05) is 6.42 Å². The summed E-state index contributed by atoms with van der Waals surface area (Å²) < 4.78 is 0. The first-order valence-electron chi connectivity index (χ1n) is 7.76. The van der Waals surface area contributed by atoms with Crippen LogP contribution in [0.4, 0.5) is 17.1 Å². The molecule has 1 fully saturated rings. The van der Waals surface area contributed by atoms with E-state index in [1.54, 1.807) is 0 Å². The molecule has 5 nitrogen and oxygen atoms in total. The quantitative estimate of drug-likeness (QED) is 0.642. The number of fused-ring (bicyclic) bond motifs is 1.